The summed E-state index contributed by atoms with van der Waals surface area (Å²) in [6.07, 6.45) is 3.11. The second-order valence-electron chi connectivity index (χ2n) is 3.48. The highest BCUT2D eigenvalue weighted by molar-refractivity contribution is 5.25. The molecular weight excluding hydrogens is 176 g/mol. The fourth-order valence-electron chi connectivity index (χ4n) is 1.64. The average Bonchev–Trinajstić information content (AvgIpc) is 2.30. The van der Waals surface area contributed by atoms with Crippen molar-refractivity contribution in [1.82, 2.24) is 0 Å². The van der Waals surface area contributed by atoms with Gasteiger partial charge in [-0.3, -0.25) is 0 Å². The van der Waals surface area contributed by atoms with Crippen molar-refractivity contribution in [1.29, 1.82) is 0 Å². The van der Waals surface area contributed by atoms with Gasteiger partial charge in [0.15, 0.2) is 0 Å². The number of aliphatic hydroxyl groups is 1. The van der Waals surface area contributed by atoms with Crippen LogP contribution in [0.15, 0.2) is 42.2 Å². The molecular formula is C12H14O2. The van der Waals surface area contributed by atoms with Crippen LogP contribution in [-0.4, -0.2) is 11.7 Å². The van der Waals surface area contributed by atoms with Gasteiger partial charge in [-0.2, -0.15) is 0 Å². The highest BCUT2D eigenvalue weighted by Gasteiger charge is 2.15. The summed E-state index contributed by atoms with van der Waals surface area (Å²) in [7, 11) is 0. The summed E-state index contributed by atoms with van der Waals surface area (Å²) in [4.78, 5) is 0. The van der Waals surface area contributed by atoms with Crippen LogP contribution in [0.5, 0.6) is 0 Å². The number of ether oxygens (including phenoxy) is 1. The van der Waals surface area contributed by atoms with E-state index in [4.69, 9.17) is 4.74 Å². The van der Waals surface area contributed by atoms with Gasteiger partial charge >= 0.3 is 0 Å². The van der Waals surface area contributed by atoms with Gasteiger partial charge in [0.1, 0.15) is 6.10 Å². The Labute approximate surface area is 83.8 Å². The van der Waals surface area contributed by atoms with Crippen LogP contribution in [-0.2, 0) is 4.74 Å². The van der Waals surface area contributed by atoms with Gasteiger partial charge in [0.05, 0.1) is 12.9 Å². The third-order valence-electron chi connectivity index (χ3n) is 2.43. The van der Waals surface area contributed by atoms with Crippen LogP contribution in [0.4, 0.5) is 0 Å². The van der Waals surface area contributed by atoms with Crippen molar-refractivity contribution in [3.63, 3.8) is 0 Å². The third kappa shape index (κ3) is 1.96. The van der Waals surface area contributed by atoms with Gasteiger partial charge in [0, 0.05) is 0 Å². The van der Waals surface area contributed by atoms with Crippen molar-refractivity contribution in [2.75, 3.05) is 6.61 Å². The van der Waals surface area contributed by atoms with Gasteiger partial charge in [-0.25, -0.2) is 0 Å². The van der Waals surface area contributed by atoms with E-state index >= 15 is 0 Å². The van der Waals surface area contributed by atoms with Crippen molar-refractivity contribution in [2.24, 2.45) is 0 Å². The van der Waals surface area contributed by atoms with Crippen LogP contribution >= 0.6 is 0 Å². The first-order valence-electron chi connectivity index (χ1n) is 4.91. The molecule has 0 aromatic heterocycles. The molecule has 14 heavy (non-hydrogen) atoms. The van der Waals surface area contributed by atoms with Crippen molar-refractivity contribution in [3.05, 3.63) is 47.7 Å². The van der Waals surface area contributed by atoms with E-state index in [1.807, 2.05) is 30.3 Å². The highest BCUT2D eigenvalue weighted by Crippen LogP contribution is 2.26. The summed E-state index contributed by atoms with van der Waals surface area (Å²) in [5.74, 6) is 0. The lowest BCUT2D eigenvalue weighted by molar-refractivity contribution is 0.170. The van der Waals surface area contributed by atoms with Gasteiger partial charge < -0.3 is 9.84 Å². The van der Waals surface area contributed by atoms with Gasteiger partial charge in [-0.1, -0.05) is 30.3 Å². The molecule has 0 spiro atoms. The SMILES string of the molecule is OC(C1=COCCC1)c1ccccc1. The molecule has 0 radical (unpaired) electrons. The third-order valence-corrected chi connectivity index (χ3v) is 2.43. The van der Waals surface area contributed by atoms with E-state index in [1.165, 1.54) is 0 Å². The molecule has 0 saturated carbocycles. The molecule has 1 aromatic rings. The Balaban J connectivity index is 2.15. The molecule has 1 aromatic carbocycles. The largest absolute Gasteiger partial charge is 0.501 e. The number of rotatable bonds is 2. The molecule has 0 fully saturated rings. The lowest BCUT2D eigenvalue weighted by atomic mass is 9.98. The Bertz CT molecular complexity index is 316. The molecule has 0 amide bonds. The molecule has 74 valence electrons. The molecule has 0 saturated heterocycles. The van der Waals surface area contributed by atoms with Gasteiger partial charge in [0.25, 0.3) is 0 Å². The van der Waals surface area contributed by atoms with E-state index < -0.39 is 6.10 Å². The van der Waals surface area contributed by atoms with Crippen LogP contribution in [0.25, 0.3) is 0 Å². The Morgan fingerprint density at radius 3 is 2.64 bits per heavy atom. The van der Waals surface area contributed by atoms with Crippen molar-refractivity contribution < 1.29 is 9.84 Å². The lowest BCUT2D eigenvalue weighted by Crippen LogP contribution is -2.07. The molecule has 1 aliphatic heterocycles. The number of benzene rings is 1. The summed E-state index contributed by atoms with van der Waals surface area (Å²) in [6, 6.07) is 9.67. The smallest absolute Gasteiger partial charge is 0.103 e. The molecule has 1 N–H and O–H groups in total. The minimum absolute atomic E-state index is 0.503. The van der Waals surface area contributed by atoms with Crippen LogP contribution in [0.2, 0.25) is 0 Å². The number of hydrogen-bond acceptors (Lipinski definition) is 2. The van der Waals surface area contributed by atoms with E-state index in [2.05, 4.69) is 0 Å². The second-order valence-corrected chi connectivity index (χ2v) is 3.48. The number of aliphatic hydroxyl groups excluding tert-OH is 1. The quantitative estimate of drug-likeness (QED) is 0.776. The van der Waals surface area contributed by atoms with Gasteiger partial charge in [0.2, 0.25) is 0 Å². The first kappa shape index (κ1) is 9.28. The van der Waals surface area contributed by atoms with E-state index in [-0.39, 0.29) is 0 Å². The van der Waals surface area contributed by atoms with Crippen LogP contribution in [0.1, 0.15) is 24.5 Å². The van der Waals surface area contributed by atoms with Crippen molar-refractivity contribution in [2.45, 2.75) is 18.9 Å². The molecule has 0 bridgehead atoms. The maximum atomic E-state index is 10.00. The fourth-order valence-corrected chi connectivity index (χ4v) is 1.64. The molecule has 2 heteroatoms. The molecule has 1 unspecified atom stereocenters. The van der Waals surface area contributed by atoms with E-state index in [0.717, 1.165) is 30.6 Å². The topological polar surface area (TPSA) is 29.5 Å². The lowest BCUT2D eigenvalue weighted by Gasteiger charge is -2.18. The monoisotopic (exact) mass is 190 g/mol. The molecule has 2 nitrogen and oxygen atoms in total. The normalized spacial score (nSPS) is 18.2. The zero-order valence-electron chi connectivity index (χ0n) is 8.02. The van der Waals surface area contributed by atoms with Crippen LogP contribution in [0, 0.1) is 0 Å². The molecule has 1 heterocycles. The minimum Gasteiger partial charge on any atom is -0.501 e. The summed E-state index contributed by atoms with van der Waals surface area (Å²) in [6.45, 7) is 0.769. The maximum Gasteiger partial charge on any atom is 0.103 e. The van der Waals surface area contributed by atoms with E-state index in [0.29, 0.717) is 0 Å². The van der Waals surface area contributed by atoms with E-state index in [1.54, 1.807) is 6.26 Å². The Morgan fingerprint density at radius 2 is 2.00 bits per heavy atom. The second kappa shape index (κ2) is 4.29. The summed E-state index contributed by atoms with van der Waals surface area (Å²) >= 11 is 0. The first-order valence-corrected chi connectivity index (χ1v) is 4.91. The van der Waals surface area contributed by atoms with E-state index in [9.17, 15) is 5.11 Å². The maximum absolute atomic E-state index is 10.00. The summed E-state index contributed by atoms with van der Waals surface area (Å²) in [5, 5.41) is 10.00. The number of hydrogen-bond donors (Lipinski definition) is 1. The standard InChI is InChI=1S/C12H14O2/c13-12(10-5-2-1-3-6-10)11-7-4-8-14-9-11/h1-3,5-6,9,12-13H,4,7-8H2. The van der Waals surface area contributed by atoms with Crippen molar-refractivity contribution in [3.8, 4) is 0 Å². The Morgan fingerprint density at radius 1 is 1.21 bits per heavy atom. The highest BCUT2D eigenvalue weighted by atomic mass is 16.5. The Kier molecular flexibility index (Phi) is 2.84. The summed E-state index contributed by atoms with van der Waals surface area (Å²) < 4.78 is 5.20. The van der Waals surface area contributed by atoms with Gasteiger partial charge in [-0.15, -0.1) is 0 Å². The Hall–Kier alpha value is -1.28. The molecule has 0 aliphatic carbocycles. The molecule has 1 atom stereocenters. The fraction of sp³-hybridized carbons (Fsp3) is 0.333. The first-order chi connectivity index (χ1) is 6.88. The predicted octanol–water partition coefficient (Wildman–Crippen LogP) is 2.41. The van der Waals surface area contributed by atoms with Crippen molar-refractivity contribution >= 4 is 0 Å². The van der Waals surface area contributed by atoms with Gasteiger partial charge in [-0.05, 0) is 24.0 Å². The zero-order valence-corrected chi connectivity index (χ0v) is 8.02. The molecule has 2 rings (SSSR count). The van der Waals surface area contributed by atoms with Crippen LogP contribution < -0.4 is 0 Å². The predicted molar refractivity (Wildman–Crippen MR) is 54.7 cm³/mol. The minimum atomic E-state index is -0.503. The molecule has 1 aliphatic rings. The van der Waals surface area contributed by atoms with Crippen LogP contribution in [0.3, 0.4) is 0 Å². The summed E-state index contributed by atoms with van der Waals surface area (Å²) in [5.41, 5.74) is 1.91. The average molecular weight is 190 g/mol. The zero-order chi connectivity index (χ0) is 9.80.